The Hall–Kier alpha value is -3.09. The first-order valence-electron chi connectivity index (χ1n) is 9.44. The van der Waals surface area contributed by atoms with E-state index in [-0.39, 0.29) is 11.5 Å². The Labute approximate surface area is 164 Å². The number of amides is 1. The molecule has 1 heterocycles. The second-order valence-electron chi connectivity index (χ2n) is 7.05. The summed E-state index contributed by atoms with van der Waals surface area (Å²) in [6.45, 7) is 6.60. The number of carbonyl (C=O) groups is 1. The summed E-state index contributed by atoms with van der Waals surface area (Å²) < 4.78 is 1.29. The number of aromatic nitrogens is 2. The molecule has 0 spiro atoms. The second kappa shape index (κ2) is 9.21. The van der Waals surface area contributed by atoms with E-state index >= 15 is 0 Å². The van der Waals surface area contributed by atoms with Crippen LogP contribution in [-0.4, -0.2) is 22.5 Å². The molecule has 0 aliphatic heterocycles. The van der Waals surface area contributed by atoms with Crippen LogP contribution in [0.2, 0.25) is 0 Å². The molecule has 150 valence electrons. The normalized spacial score (nSPS) is 11.3. The average molecular weight is 384 g/mol. The van der Waals surface area contributed by atoms with Gasteiger partial charge in [-0.3, -0.25) is 19.1 Å². The number of benzene rings is 1. The minimum atomic E-state index is -0.680. The van der Waals surface area contributed by atoms with E-state index in [4.69, 9.17) is 5.73 Å². The van der Waals surface area contributed by atoms with Crippen LogP contribution in [0.4, 0.5) is 11.5 Å². The van der Waals surface area contributed by atoms with Crippen molar-refractivity contribution in [3.63, 3.8) is 0 Å². The number of aromatic amines is 1. The van der Waals surface area contributed by atoms with Gasteiger partial charge in [0, 0.05) is 19.7 Å². The predicted octanol–water partition coefficient (Wildman–Crippen LogP) is 2.72. The smallest absolute Gasteiger partial charge is 0.330 e. The Kier molecular flexibility index (Phi) is 6.98. The highest BCUT2D eigenvalue weighted by Crippen LogP contribution is 2.17. The summed E-state index contributed by atoms with van der Waals surface area (Å²) in [5.41, 5.74) is 6.86. The van der Waals surface area contributed by atoms with Gasteiger partial charge in [0.15, 0.2) is 5.69 Å². The number of anilines is 2. The maximum atomic E-state index is 12.6. The molecule has 28 heavy (non-hydrogen) atoms. The van der Waals surface area contributed by atoms with Crippen molar-refractivity contribution in [3.05, 3.63) is 62.3 Å². The highest BCUT2D eigenvalue weighted by Gasteiger charge is 2.19. The molecule has 2 aromatic rings. The number of carbonyl (C=O) groups excluding carboxylic acids is 1. The Morgan fingerprint density at radius 2 is 1.89 bits per heavy atom. The van der Waals surface area contributed by atoms with Gasteiger partial charge in [-0.25, -0.2) is 4.79 Å². The fourth-order valence-electron chi connectivity index (χ4n) is 2.82. The standard InChI is InChI=1S/C21H28N4O3/c1-5-6-13-25-19(22)18(20(27)23-21(25)28)24(4)17(26)12-9-15-7-10-16(11-8-15)14(2)3/h7-12,14H,5-6,13,22H2,1-4H3,(H,23,27,28)/b12-9+. The number of likely N-dealkylation sites (N-methyl/N-ethyl adjacent to an activating group) is 1. The van der Waals surface area contributed by atoms with Gasteiger partial charge in [-0.1, -0.05) is 51.5 Å². The van der Waals surface area contributed by atoms with E-state index in [2.05, 4.69) is 18.8 Å². The largest absolute Gasteiger partial charge is 0.383 e. The van der Waals surface area contributed by atoms with Crippen LogP contribution in [0.25, 0.3) is 6.08 Å². The van der Waals surface area contributed by atoms with Crippen LogP contribution in [-0.2, 0) is 11.3 Å². The van der Waals surface area contributed by atoms with Crippen molar-refractivity contribution in [2.45, 2.75) is 46.1 Å². The molecule has 2 rings (SSSR count). The van der Waals surface area contributed by atoms with Crippen molar-refractivity contribution >= 4 is 23.5 Å². The number of nitrogens with two attached hydrogens (primary N) is 1. The number of unbranched alkanes of at least 4 members (excludes halogenated alkanes) is 1. The topological polar surface area (TPSA) is 101 Å². The molecular formula is C21H28N4O3. The Bertz CT molecular complexity index is 969. The van der Waals surface area contributed by atoms with Crippen molar-refractivity contribution < 1.29 is 4.79 Å². The number of nitrogen functional groups attached to an aromatic ring is 1. The van der Waals surface area contributed by atoms with E-state index in [1.165, 1.54) is 23.3 Å². The molecule has 3 N–H and O–H groups in total. The summed E-state index contributed by atoms with van der Waals surface area (Å²) in [5.74, 6) is 0.0162. The van der Waals surface area contributed by atoms with Crippen LogP contribution in [0.5, 0.6) is 0 Å². The average Bonchev–Trinajstić information content (AvgIpc) is 2.65. The van der Waals surface area contributed by atoms with Crippen molar-refractivity contribution in [3.8, 4) is 0 Å². The Morgan fingerprint density at radius 1 is 1.25 bits per heavy atom. The van der Waals surface area contributed by atoms with E-state index in [0.717, 1.165) is 23.3 Å². The third kappa shape index (κ3) is 4.79. The molecule has 7 heteroatoms. The number of hydrogen-bond acceptors (Lipinski definition) is 4. The van der Waals surface area contributed by atoms with Gasteiger partial charge in [-0.15, -0.1) is 0 Å². The Morgan fingerprint density at radius 3 is 2.46 bits per heavy atom. The lowest BCUT2D eigenvalue weighted by Crippen LogP contribution is -2.38. The van der Waals surface area contributed by atoms with Crippen LogP contribution in [0.15, 0.2) is 39.9 Å². The molecular weight excluding hydrogens is 356 g/mol. The van der Waals surface area contributed by atoms with E-state index in [1.807, 2.05) is 31.2 Å². The van der Waals surface area contributed by atoms with Crippen LogP contribution in [0, 0.1) is 0 Å². The van der Waals surface area contributed by atoms with Gasteiger partial charge in [-0.2, -0.15) is 0 Å². The van der Waals surface area contributed by atoms with Gasteiger partial charge < -0.3 is 10.6 Å². The SMILES string of the molecule is CCCCn1c(N)c(N(C)C(=O)/C=C/c2ccc(C(C)C)cc2)c(=O)[nH]c1=O. The lowest BCUT2D eigenvalue weighted by molar-refractivity contribution is -0.113. The number of nitrogens with one attached hydrogen (secondary N) is 1. The molecule has 0 bridgehead atoms. The zero-order chi connectivity index (χ0) is 20.8. The lowest BCUT2D eigenvalue weighted by atomic mass is 10.0. The molecule has 1 aromatic heterocycles. The molecule has 7 nitrogen and oxygen atoms in total. The highest BCUT2D eigenvalue weighted by atomic mass is 16.2. The molecule has 0 atom stereocenters. The molecule has 0 saturated heterocycles. The minimum Gasteiger partial charge on any atom is -0.383 e. The lowest BCUT2D eigenvalue weighted by Gasteiger charge is -2.19. The molecule has 1 aromatic carbocycles. The van der Waals surface area contributed by atoms with Gasteiger partial charge in [-0.05, 0) is 29.5 Å². The van der Waals surface area contributed by atoms with Crippen molar-refractivity contribution in [2.75, 3.05) is 17.7 Å². The van der Waals surface area contributed by atoms with Gasteiger partial charge in [0.2, 0.25) is 0 Å². The highest BCUT2D eigenvalue weighted by molar-refractivity contribution is 6.04. The summed E-state index contributed by atoms with van der Waals surface area (Å²) >= 11 is 0. The Balaban J connectivity index is 2.27. The van der Waals surface area contributed by atoms with Crippen molar-refractivity contribution in [2.24, 2.45) is 0 Å². The number of hydrogen-bond donors (Lipinski definition) is 2. The van der Waals surface area contributed by atoms with Crippen LogP contribution in [0.1, 0.15) is 50.7 Å². The van der Waals surface area contributed by atoms with Crippen LogP contribution in [0.3, 0.4) is 0 Å². The van der Waals surface area contributed by atoms with Crippen molar-refractivity contribution in [1.82, 2.24) is 9.55 Å². The van der Waals surface area contributed by atoms with E-state index < -0.39 is 17.2 Å². The number of H-pyrrole nitrogens is 1. The predicted molar refractivity (Wildman–Crippen MR) is 114 cm³/mol. The van der Waals surface area contributed by atoms with E-state index in [9.17, 15) is 14.4 Å². The number of rotatable bonds is 7. The zero-order valence-corrected chi connectivity index (χ0v) is 16.9. The van der Waals surface area contributed by atoms with Gasteiger partial charge in [0.1, 0.15) is 5.82 Å². The molecule has 0 aliphatic carbocycles. The van der Waals surface area contributed by atoms with Gasteiger partial charge in [0.25, 0.3) is 11.5 Å². The van der Waals surface area contributed by atoms with E-state index in [1.54, 1.807) is 6.08 Å². The summed E-state index contributed by atoms with van der Waals surface area (Å²) in [4.78, 5) is 40.2. The van der Waals surface area contributed by atoms with Gasteiger partial charge >= 0.3 is 5.69 Å². The van der Waals surface area contributed by atoms with Crippen molar-refractivity contribution in [1.29, 1.82) is 0 Å². The van der Waals surface area contributed by atoms with E-state index in [0.29, 0.717) is 12.5 Å². The molecule has 0 radical (unpaired) electrons. The first-order valence-corrected chi connectivity index (χ1v) is 9.44. The molecule has 0 fully saturated rings. The summed E-state index contributed by atoms with van der Waals surface area (Å²) in [7, 11) is 1.46. The first-order chi connectivity index (χ1) is 13.3. The minimum absolute atomic E-state index is 0.00673. The quantitative estimate of drug-likeness (QED) is 0.717. The maximum Gasteiger partial charge on any atom is 0.330 e. The van der Waals surface area contributed by atoms with Crippen LogP contribution < -0.4 is 21.9 Å². The molecule has 0 unspecified atom stereocenters. The fourth-order valence-corrected chi connectivity index (χ4v) is 2.82. The molecule has 0 aliphatic rings. The van der Waals surface area contributed by atoms with Gasteiger partial charge in [0.05, 0.1) is 0 Å². The fraction of sp³-hybridized carbons (Fsp3) is 0.381. The molecule has 0 saturated carbocycles. The maximum absolute atomic E-state index is 12.6. The first kappa shape index (κ1) is 21.2. The number of nitrogens with zero attached hydrogens (tertiary/aromatic N) is 2. The zero-order valence-electron chi connectivity index (χ0n) is 16.9. The summed E-state index contributed by atoms with van der Waals surface area (Å²) in [5, 5.41) is 0. The summed E-state index contributed by atoms with van der Waals surface area (Å²) in [6, 6.07) is 7.91. The van der Waals surface area contributed by atoms with Crippen LogP contribution >= 0.6 is 0 Å². The third-order valence-electron chi connectivity index (χ3n) is 4.64. The molecule has 1 amide bonds. The summed E-state index contributed by atoms with van der Waals surface area (Å²) in [6.07, 6.45) is 4.66. The second-order valence-corrected chi connectivity index (χ2v) is 7.05. The monoisotopic (exact) mass is 384 g/mol. The third-order valence-corrected chi connectivity index (χ3v) is 4.64.